The van der Waals surface area contributed by atoms with Crippen molar-refractivity contribution in [3.8, 4) is 0 Å². The number of nitrogens with one attached hydrogen (secondary N) is 1. The van der Waals surface area contributed by atoms with E-state index in [9.17, 15) is 22.8 Å². The first-order chi connectivity index (χ1) is 13.3. The Morgan fingerprint density at radius 1 is 1.29 bits per heavy atom. The maximum Gasteiger partial charge on any atom is 0.409 e. The number of amides is 2. The molecule has 1 aromatic carbocycles. The van der Waals surface area contributed by atoms with E-state index in [1.54, 1.807) is 12.4 Å². The summed E-state index contributed by atoms with van der Waals surface area (Å²) in [6, 6.07) is 4.04. The second kappa shape index (κ2) is 7.12. The molecule has 2 aromatic rings. The summed E-state index contributed by atoms with van der Waals surface area (Å²) in [6.07, 6.45) is -2.06. The average molecular weight is 411 g/mol. The minimum Gasteiger partial charge on any atom is -0.324 e. The molecule has 1 aliphatic heterocycles. The first-order valence-corrected chi connectivity index (χ1v) is 9.63. The van der Waals surface area contributed by atoms with Gasteiger partial charge >= 0.3 is 6.18 Å². The fraction of sp³-hybridized carbons (Fsp3) is 0.412. The van der Waals surface area contributed by atoms with Gasteiger partial charge in [-0.05, 0) is 25.0 Å². The highest BCUT2D eigenvalue weighted by Crippen LogP contribution is 2.39. The lowest BCUT2D eigenvalue weighted by Gasteiger charge is -2.31. The van der Waals surface area contributed by atoms with Crippen molar-refractivity contribution in [3.63, 3.8) is 0 Å². The Morgan fingerprint density at radius 2 is 2.04 bits per heavy atom. The molecule has 0 saturated heterocycles. The third-order valence-corrected chi connectivity index (χ3v) is 5.52. The van der Waals surface area contributed by atoms with E-state index in [2.05, 4.69) is 15.5 Å². The number of anilines is 2. The largest absolute Gasteiger partial charge is 0.409 e. The number of para-hydroxylation sites is 2. The van der Waals surface area contributed by atoms with Gasteiger partial charge in [-0.2, -0.15) is 13.2 Å². The van der Waals surface area contributed by atoms with Crippen molar-refractivity contribution in [1.29, 1.82) is 0 Å². The smallest absolute Gasteiger partial charge is 0.324 e. The molecular weight excluding hydrogens is 395 g/mol. The summed E-state index contributed by atoms with van der Waals surface area (Å²) in [6.45, 7) is 0. The lowest BCUT2D eigenvalue weighted by molar-refractivity contribution is -0.157. The zero-order valence-electron chi connectivity index (χ0n) is 14.5. The van der Waals surface area contributed by atoms with Gasteiger partial charge in [0.05, 0.1) is 23.5 Å². The molecule has 1 aliphatic carbocycles. The Balaban J connectivity index is 1.62. The molecule has 0 radical (unpaired) electrons. The second-order valence-electron chi connectivity index (χ2n) is 6.63. The van der Waals surface area contributed by atoms with E-state index in [0.29, 0.717) is 10.1 Å². The Labute approximate surface area is 162 Å². The molecule has 4 rings (SSSR count). The van der Waals surface area contributed by atoms with Crippen LogP contribution in [-0.2, 0) is 9.59 Å². The van der Waals surface area contributed by atoms with E-state index in [1.807, 2.05) is 4.57 Å². The summed E-state index contributed by atoms with van der Waals surface area (Å²) >= 11 is 1.04. The van der Waals surface area contributed by atoms with Gasteiger partial charge < -0.3 is 9.88 Å². The summed E-state index contributed by atoms with van der Waals surface area (Å²) in [7, 11) is 0. The van der Waals surface area contributed by atoms with E-state index >= 15 is 0 Å². The average Bonchev–Trinajstić information content (AvgIpc) is 3.40. The number of halogens is 3. The molecule has 2 aliphatic rings. The van der Waals surface area contributed by atoms with Crippen molar-refractivity contribution in [2.45, 2.75) is 42.7 Å². The third kappa shape index (κ3) is 3.71. The van der Waals surface area contributed by atoms with E-state index in [0.717, 1.165) is 24.6 Å². The summed E-state index contributed by atoms with van der Waals surface area (Å²) in [5.41, 5.74) is 0.212. The van der Waals surface area contributed by atoms with Crippen LogP contribution in [0.5, 0.6) is 0 Å². The first-order valence-electron chi connectivity index (χ1n) is 8.64. The van der Waals surface area contributed by atoms with E-state index in [-0.39, 0.29) is 23.2 Å². The van der Waals surface area contributed by atoms with Gasteiger partial charge in [0.25, 0.3) is 0 Å². The topological polar surface area (TPSA) is 80.1 Å². The molecule has 7 nitrogen and oxygen atoms in total. The molecule has 148 valence electrons. The van der Waals surface area contributed by atoms with Crippen molar-refractivity contribution >= 4 is 35.0 Å². The number of benzene rings is 1. The number of carbonyl (C=O) groups excluding carboxylic acids is 2. The zero-order valence-corrected chi connectivity index (χ0v) is 15.3. The molecule has 28 heavy (non-hydrogen) atoms. The maximum absolute atomic E-state index is 13.7. The molecule has 1 unspecified atom stereocenters. The third-order valence-electron chi connectivity index (χ3n) is 4.58. The first kappa shape index (κ1) is 18.8. The predicted octanol–water partition coefficient (Wildman–Crippen LogP) is 3.01. The van der Waals surface area contributed by atoms with E-state index in [1.165, 1.54) is 18.2 Å². The van der Waals surface area contributed by atoms with Gasteiger partial charge in [0.1, 0.15) is 12.4 Å². The van der Waals surface area contributed by atoms with E-state index in [4.69, 9.17) is 0 Å². The monoisotopic (exact) mass is 411 g/mol. The van der Waals surface area contributed by atoms with Crippen molar-refractivity contribution in [1.82, 2.24) is 14.8 Å². The van der Waals surface area contributed by atoms with Gasteiger partial charge in [0, 0.05) is 6.04 Å². The molecular formula is C17H16F3N5O2S. The lowest BCUT2D eigenvalue weighted by Crippen LogP contribution is -2.50. The molecule has 1 fully saturated rings. The fourth-order valence-electron chi connectivity index (χ4n) is 3.13. The fourth-order valence-corrected chi connectivity index (χ4v) is 3.97. The molecule has 0 bridgehead atoms. The van der Waals surface area contributed by atoms with Crippen molar-refractivity contribution in [3.05, 3.63) is 30.6 Å². The van der Waals surface area contributed by atoms with Gasteiger partial charge in [-0.15, -0.1) is 10.2 Å². The zero-order chi connectivity index (χ0) is 19.9. The van der Waals surface area contributed by atoms with Crippen molar-refractivity contribution in [2.75, 3.05) is 16.0 Å². The quantitative estimate of drug-likeness (QED) is 0.783. The molecule has 1 N–H and O–H groups in total. The second-order valence-corrected chi connectivity index (χ2v) is 7.57. The van der Waals surface area contributed by atoms with Crippen LogP contribution in [0.2, 0.25) is 0 Å². The predicted molar refractivity (Wildman–Crippen MR) is 96.0 cm³/mol. The van der Waals surface area contributed by atoms with Crippen molar-refractivity contribution < 1.29 is 22.8 Å². The summed E-state index contributed by atoms with van der Waals surface area (Å²) in [4.78, 5) is 25.5. The number of alkyl halides is 3. The SMILES string of the molecule is O=C1CC(C(F)(F)F)N(C(=O)CSc2nncn2C2CC2)c2ccccc2N1. The van der Waals surface area contributed by atoms with Crippen LogP contribution in [0.15, 0.2) is 35.7 Å². The highest BCUT2D eigenvalue weighted by Gasteiger charge is 2.49. The van der Waals surface area contributed by atoms with Crippen LogP contribution < -0.4 is 10.2 Å². The van der Waals surface area contributed by atoms with Crippen LogP contribution in [0.25, 0.3) is 0 Å². The normalized spacial score (nSPS) is 19.8. The molecule has 2 heterocycles. The molecule has 11 heteroatoms. The number of hydrogen-bond donors (Lipinski definition) is 1. The Bertz CT molecular complexity index is 912. The number of rotatable bonds is 4. The number of aromatic nitrogens is 3. The molecule has 0 spiro atoms. The molecule has 1 aromatic heterocycles. The van der Waals surface area contributed by atoms with Crippen LogP contribution in [-0.4, -0.2) is 44.5 Å². The number of nitrogens with zero attached hydrogens (tertiary/aromatic N) is 4. The lowest BCUT2D eigenvalue weighted by atomic mass is 10.1. The minimum atomic E-state index is -4.75. The Hall–Kier alpha value is -2.56. The van der Waals surface area contributed by atoms with Crippen molar-refractivity contribution in [2.24, 2.45) is 0 Å². The van der Waals surface area contributed by atoms with Gasteiger partial charge in [0.15, 0.2) is 5.16 Å². The van der Waals surface area contributed by atoms with Crippen LogP contribution in [0.3, 0.4) is 0 Å². The number of carbonyl (C=O) groups is 2. The van der Waals surface area contributed by atoms with Crippen LogP contribution in [0.4, 0.5) is 24.5 Å². The standard InChI is InChI=1S/C17H16F3N5O2S/c18-17(19,20)13-7-14(26)22-11-3-1-2-4-12(11)25(13)15(27)8-28-16-23-21-9-24(16)10-5-6-10/h1-4,9-10,13H,5-8H2,(H,22,26). The van der Waals surface area contributed by atoms with Crippen LogP contribution >= 0.6 is 11.8 Å². The highest BCUT2D eigenvalue weighted by atomic mass is 32.2. The van der Waals surface area contributed by atoms with Gasteiger partial charge in [0.2, 0.25) is 11.8 Å². The van der Waals surface area contributed by atoms with E-state index < -0.39 is 30.5 Å². The minimum absolute atomic E-state index is 0.0323. The highest BCUT2D eigenvalue weighted by molar-refractivity contribution is 7.99. The molecule has 1 atom stereocenters. The number of thioether (sulfide) groups is 1. The summed E-state index contributed by atoms with van der Waals surface area (Å²) in [5.74, 6) is -1.78. The summed E-state index contributed by atoms with van der Waals surface area (Å²) in [5, 5.41) is 10.7. The van der Waals surface area contributed by atoms with Crippen LogP contribution in [0.1, 0.15) is 25.3 Å². The number of fused-ring (bicyclic) bond motifs is 1. The molecule has 2 amide bonds. The molecule has 1 saturated carbocycles. The van der Waals surface area contributed by atoms with Gasteiger partial charge in [-0.1, -0.05) is 23.9 Å². The Kier molecular flexibility index (Phi) is 4.77. The number of hydrogen-bond acceptors (Lipinski definition) is 5. The Morgan fingerprint density at radius 3 is 2.75 bits per heavy atom. The van der Waals surface area contributed by atoms with Gasteiger partial charge in [-0.25, -0.2) is 0 Å². The summed E-state index contributed by atoms with van der Waals surface area (Å²) < 4.78 is 42.9. The maximum atomic E-state index is 13.7. The van der Waals surface area contributed by atoms with Crippen LogP contribution in [0, 0.1) is 0 Å². The van der Waals surface area contributed by atoms with Gasteiger partial charge in [-0.3, -0.25) is 14.5 Å².